The van der Waals surface area contributed by atoms with E-state index in [9.17, 15) is 0 Å². The first-order valence-corrected chi connectivity index (χ1v) is 5.58. The first-order chi connectivity index (χ1) is 6.31. The van der Waals surface area contributed by atoms with E-state index in [1.54, 1.807) is 0 Å². The molecular formula is C9H14BrN3. The van der Waals surface area contributed by atoms with Crippen molar-refractivity contribution < 1.29 is 0 Å². The molecular weight excluding hydrogens is 230 g/mol. The van der Waals surface area contributed by atoms with Crippen molar-refractivity contribution in [2.75, 3.05) is 5.32 Å². The number of hydrogen-bond acceptors (Lipinski definition) is 2. The average molecular weight is 244 g/mol. The first-order valence-electron chi connectivity index (χ1n) is 4.79. The summed E-state index contributed by atoms with van der Waals surface area (Å²) in [6.45, 7) is 3.08. The first kappa shape index (κ1) is 9.06. The van der Waals surface area contributed by atoms with Crippen molar-refractivity contribution in [1.29, 1.82) is 0 Å². The third-order valence-electron chi connectivity index (χ3n) is 2.56. The highest BCUT2D eigenvalue weighted by molar-refractivity contribution is 9.10. The van der Waals surface area contributed by atoms with Crippen LogP contribution >= 0.6 is 15.9 Å². The van der Waals surface area contributed by atoms with Crippen LogP contribution < -0.4 is 5.32 Å². The molecule has 0 bridgehead atoms. The topological polar surface area (TPSA) is 29.9 Å². The molecule has 0 radical (unpaired) electrons. The number of imidazole rings is 1. The summed E-state index contributed by atoms with van der Waals surface area (Å²) in [5.74, 6) is 0.999. The second kappa shape index (κ2) is 3.70. The quantitative estimate of drug-likeness (QED) is 0.885. The summed E-state index contributed by atoms with van der Waals surface area (Å²) in [4.78, 5) is 4.31. The summed E-state index contributed by atoms with van der Waals surface area (Å²) >= 11 is 3.47. The Balaban J connectivity index is 2.09. The molecule has 1 aromatic rings. The van der Waals surface area contributed by atoms with Gasteiger partial charge in [-0.3, -0.25) is 0 Å². The minimum absolute atomic E-state index is 0.652. The highest BCUT2D eigenvalue weighted by Crippen LogP contribution is 2.24. The molecule has 0 atom stereocenters. The molecule has 0 spiro atoms. The summed E-state index contributed by atoms with van der Waals surface area (Å²) in [5.41, 5.74) is 0. The molecule has 2 rings (SSSR count). The van der Waals surface area contributed by atoms with E-state index in [1.807, 2.05) is 6.20 Å². The predicted molar refractivity (Wildman–Crippen MR) is 56.9 cm³/mol. The second-order valence-corrected chi connectivity index (χ2v) is 4.23. The van der Waals surface area contributed by atoms with Gasteiger partial charge in [-0.05, 0) is 42.1 Å². The molecule has 4 heteroatoms. The monoisotopic (exact) mass is 243 g/mol. The Morgan fingerprint density at radius 1 is 1.69 bits per heavy atom. The Morgan fingerprint density at radius 3 is 3.00 bits per heavy atom. The van der Waals surface area contributed by atoms with Gasteiger partial charge in [0, 0.05) is 12.6 Å². The van der Waals surface area contributed by atoms with Gasteiger partial charge in [-0.25, -0.2) is 4.98 Å². The van der Waals surface area contributed by atoms with Gasteiger partial charge in [0.05, 0.1) is 6.20 Å². The smallest absolute Gasteiger partial charge is 0.203 e. The van der Waals surface area contributed by atoms with Crippen LogP contribution in [0.1, 0.15) is 26.2 Å². The van der Waals surface area contributed by atoms with Crippen molar-refractivity contribution in [3.63, 3.8) is 0 Å². The minimum atomic E-state index is 0.652. The number of aromatic nitrogens is 2. The van der Waals surface area contributed by atoms with E-state index in [0.717, 1.165) is 17.1 Å². The molecule has 72 valence electrons. The van der Waals surface area contributed by atoms with Gasteiger partial charge in [-0.15, -0.1) is 0 Å². The molecule has 1 aliphatic carbocycles. The lowest BCUT2D eigenvalue weighted by Crippen LogP contribution is -2.28. The van der Waals surface area contributed by atoms with Crippen LogP contribution in [-0.2, 0) is 6.54 Å². The Labute approximate surface area is 86.7 Å². The number of halogens is 1. The molecule has 0 aromatic carbocycles. The number of hydrogen-bond donors (Lipinski definition) is 1. The maximum Gasteiger partial charge on any atom is 0.203 e. The molecule has 0 saturated heterocycles. The van der Waals surface area contributed by atoms with Crippen LogP contribution in [0.2, 0.25) is 0 Å². The van der Waals surface area contributed by atoms with Gasteiger partial charge in [-0.2, -0.15) is 0 Å². The maximum absolute atomic E-state index is 4.31. The third-order valence-corrected chi connectivity index (χ3v) is 3.19. The molecule has 13 heavy (non-hydrogen) atoms. The van der Waals surface area contributed by atoms with Crippen molar-refractivity contribution >= 4 is 21.9 Å². The lowest BCUT2D eigenvalue weighted by molar-refractivity contribution is 0.441. The average Bonchev–Trinajstić information content (AvgIpc) is 2.39. The van der Waals surface area contributed by atoms with E-state index in [-0.39, 0.29) is 0 Å². The highest BCUT2D eigenvalue weighted by Gasteiger charge is 2.19. The zero-order chi connectivity index (χ0) is 9.26. The number of nitrogens with one attached hydrogen (secondary N) is 1. The Hall–Kier alpha value is -0.510. The summed E-state index contributed by atoms with van der Waals surface area (Å²) in [6.07, 6.45) is 5.78. The van der Waals surface area contributed by atoms with Gasteiger partial charge in [-0.1, -0.05) is 0 Å². The van der Waals surface area contributed by atoms with Crippen molar-refractivity contribution in [2.24, 2.45) is 0 Å². The molecule has 1 aromatic heterocycles. The van der Waals surface area contributed by atoms with Crippen molar-refractivity contribution in [3.8, 4) is 0 Å². The van der Waals surface area contributed by atoms with Crippen molar-refractivity contribution in [3.05, 3.63) is 10.8 Å². The van der Waals surface area contributed by atoms with Crippen molar-refractivity contribution in [1.82, 2.24) is 9.55 Å². The van der Waals surface area contributed by atoms with Gasteiger partial charge in [0.25, 0.3) is 0 Å². The summed E-state index contributed by atoms with van der Waals surface area (Å²) in [5, 5.41) is 3.44. The van der Waals surface area contributed by atoms with Gasteiger partial charge in [0.2, 0.25) is 5.95 Å². The third kappa shape index (κ3) is 1.73. The molecule has 1 aliphatic rings. The van der Waals surface area contributed by atoms with E-state index in [2.05, 4.69) is 37.7 Å². The molecule has 1 fully saturated rings. The molecule has 0 unspecified atom stereocenters. The van der Waals surface area contributed by atoms with Crippen molar-refractivity contribution in [2.45, 2.75) is 38.8 Å². The SMILES string of the molecule is CCn1c(Br)cnc1NC1CCC1. The second-order valence-electron chi connectivity index (χ2n) is 3.42. The molecule has 1 heterocycles. The lowest BCUT2D eigenvalue weighted by Gasteiger charge is -2.27. The number of rotatable bonds is 3. The fourth-order valence-corrected chi connectivity index (χ4v) is 2.03. The Kier molecular flexibility index (Phi) is 2.58. The van der Waals surface area contributed by atoms with E-state index in [1.165, 1.54) is 19.3 Å². The predicted octanol–water partition coefficient (Wildman–Crippen LogP) is 2.63. The fraction of sp³-hybridized carbons (Fsp3) is 0.667. The summed E-state index contributed by atoms with van der Waals surface area (Å²) < 4.78 is 3.19. The molecule has 3 nitrogen and oxygen atoms in total. The number of nitrogens with zero attached hydrogens (tertiary/aromatic N) is 2. The Bertz CT molecular complexity index is 291. The normalized spacial score (nSPS) is 17.1. The zero-order valence-electron chi connectivity index (χ0n) is 7.76. The van der Waals surface area contributed by atoms with Gasteiger partial charge in [0.15, 0.2) is 0 Å². The van der Waals surface area contributed by atoms with Crippen LogP contribution in [0.25, 0.3) is 0 Å². The van der Waals surface area contributed by atoms with E-state index >= 15 is 0 Å². The van der Waals surface area contributed by atoms with Crippen LogP contribution in [0.5, 0.6) is 0 Å². The van der Waals surface area contributed by atoms with Crippen LogP contribution in [0, 0.1) is 0 Å². The van der Waals surface area contributed by atoms with Crippen LogP contribution in [0.3, 0.4) is 0 Å². The largest absolute Gasteiger partial charge is 0.353 e. The molecule has 0 amide bonds. The summed E-state index contributed by atoms with van der Waals surface area (Å²) in [7, 11) is 0. The van der Waals surface area contributed by atoms with Crippen LogP contribution in [0.4, 0.5) is 5.95 Å². The molecule has 1 saturated carbocycles. The highest BCUT2D eigenvalue weighted by atomic mass is 79.9. The standard InChI is InChI=1S/C9H14BrN3/c1-2-13-8(10)6-11-9(13)12-7-4-3-5-7/h6-7H,2-5H2,1H3,(H,11,12). The molecule has 1 N–H and O–H groups in total. The van der Waals surface area contributed by atoms with E-state index in [0.29, 0.717) is 6.04 Å². The van der Waals surface area contributed by atoms with Crippen LogP contribution in [-0.4, -0.2) is 15.6 Å². The van der Waals surface area contributed by atoms with E-state index < -0.39 is 0 Å². The zero-order valence-corrected chi connectivity index (χ0v) is 9.34. The lowest BCUT2D eigenvalue weighted by atomic mass is 9.93. The fourth-order valence-electron chi connectivity index (χ4n) is 1.51. The van der Waals surface area contributed by atoms with Gasteiger partial charge >= 0.3 is 0 Å². The van der Waals surface area contributed by atoms with Gasteiger partial charge in [0.1, 0.15) is 4.60 Å². The summed E-state index contributed by atoms with van der Waals surface area (Å²) in [6, 6.07) is 0.652. The van der Waals surface area contributed by atoms with Crippen LogP contribution in [0.15, 0.2) is 10.8 Å². The van der Waals surface area contributed by atoms with E-state index in [4.69, 9.17) is 0 Å². The number of anilines is 1. The maximum atomic E-state index is 4.31. The Morgan fingerprint density at radius 2 is 2.46 bits per heavy atom. The minimum Gasteiger partial charge on any atom is -0.353 e. The van der Waals surface area contributed by atoms with Gasteiger partial charge < -0.3 is 9.88 Å². The molecule has 0 aliphatic heterocycles.